The summed E-state index contributed by atoms with van der Waals surface area (Å²) < 4.78 is 25.6. The van der Waals surface area contributed by atoms with Gasteiger partial charge in [-0.25, -0.2) is 12.7 Å². The Morgan fingerprint density at radius 3 is 2.48 bits per heavy atom. The van der Waals surface area contributed by atoms with E-state index in [4.69, 9.17) is 5.73 Å². The lowest BCUT2D eigenvalue weighted by Gasteiger charge is -2.29. The third-order valence-corrected chi connectivity index (χ3v) is 6.55. The Kier molecular flexibility index (Phi) is 5.27. The monoisotopic (exact) mass is 317 g/mol. The Morgan fingerprint density at radius 2 is 1.95 bits per heavy atom. The largest absolute Gasteiger partial charge is 0.349 e. The quantitative estimate of drug-likeness (QED) is 0.679. The SMILES string of the molecule is CC(CN)(NC(=O)CCCS(=O)(=O)N1CCCC1)C1CC1. The van der Waals surface area contributed by atoms with E-state index in [-0.39, 0.29) is 23.6 Å². The van der Waals surface area contributed by atoms with Crippen molar-refractivity contribution in [2.75, 3.05) is 25.4 Å². The van der Waals surface area contributed by atoms with E-state index < -0.39 is 10.0 Å². The van der Waals surface area contributed by atoms with Gasteiger partial charge in [-0.2, -0.15) is 0 Å². The van der Waals surface area contributed by atoms with Crippen molar-refractivity contribution < 1.29 is 13.2 Å². The van der Waals surface area contributed by atoms with Crippen molar-refractivity contribution in [2.45, 2.75) is 51.0 Å². The third-order valence-electron chi connectivity index (χ3n) is 4.59. The molecule has 3 N–H and O–H groups in total. The number of carbonyl (C=O) groups excluding carboxylic acids is 1. The van der Waals surface area contributed by atoms with Gasteiger partial charge in [0.05, 0.1) is 11.3 Å². The van der Waals surface area contributed by atoms with E-state index in [0.29, 0.717) is 32.0 Å². The van der Waals surface area contributed by atoms with Gasteiger partial charge in [-0.15, -0.1) is 0 Å². The van der Waals surface area contributed by atoms with Crippen molar-refractivity contribution in [1.29, 1.82) is 0 Å². The summed E-state index contributed by atoms with van der Waals surface area (Å²) in [4.78, 5) is 12.0. The lowest BCUT2D eigenvalue weighted by Crippen LogP contribution is -2.53. The normalized spacial score (nSPS) is 23.0. The molecular weight excluding hydrogens is 290 g/mol. The third kappa shape index (κ3) is 4.40. The van der Waals surface area contributed by atoms with Gasteiger partial charge in [0.1, 0.15) is 0 Å². The van der Waals surface area contributed by atoms with Gasteiger partial charge in [0.15, 0.2) is 0 Å². The summed E-state index contributed by atoms with van der Waals surface area (Å²) >= 11 is 0. The van der Waals surface area contributed by atoms with Crippen LogP contribution in [0.1, 0.15) is 45.4 Å². The van der Waals surface area contributed by atoms with Crippen LogP contribution < -0.4 is 11.1 Å². The van der Waals surface area contributed by atoms with Gasteiger partial charge >= 0.3 is 0 Å². The van der Waals surface area contributed by atoms with Crippen LogP contribution in [0.2, 0.25) is 0 Å². The van der Waals surface area contributed by atoms with Crippen LogP contribution in [0.4, 0.5) is 0 Å². The molecule has 0 aromatic heterocycles. The standard InChI is InChI=1S/C14H27N3O3S/c1-14(11-15,12-6-7-12)16-13(18)5-4-10-21(19,20)17-8-2-3-9-17/h12H,2-11,15H2,1H3,(H,16,18). The first-order valence-electron chi connectivity index (χ1n) is 7.86. The lowest BCUT2D eigenvalue weighted by molar-refractivity contribution is -0.123. The van der Waals surface area contributed by atoms with Crippen LogP contribution in [-0.4, -0.2) is 49.6 Å². The van der Waals surface area contributed by atoms with Crippen LogP contribution >= 0.6 is 0 Å². The second-order valence-corrected chi connectivity index (χ2v) is 8.56. The minimum atomic E-state index is -3.18. The molecule has 1 aliphatic carbocycles. The number of carbonyl (C=O) groups is 1. The summed E-state index contributed by atoms with van der Waals surface area (Å²) in [7, 11) is -3.18. The Hall–Kier alpha value is -0.660. The summed E-state index contributed by atoms with van der Waals surface area (Å²) in [5.41, 5.74) is 5.43. The zero-order valence-corrected chi connectivity index (χ0v) is 13.6. The Labute approximate surface area is 127 Å². The Balaban J connectivity index is 1.74. The minimum Gasteiger partial charge on any atom is -0.349 e. The van der Waals surface area contributed by atoms with Crippen LogP contribution in [-0.2, 0) is 14.8 Å². The molecule has 1 saturated heterocycles. The van der Waals surface area contributed by atoms with E-state index >= 15 is 0 Å². The van der Waals surface area contributed by atoms with Crippen LogP contribution in [0, 0.1) is 5.92 Å². The first kappa shape index (κ1) is 16.7. The topological polar surface area (TPSA) is 92.5 Å². The van der Waals surface area contributed by atoms with Gasteiger partial charge in [-0.1, -0.05) is 0 Å². The lowest BCUT2D eigenvalue weighted by atomic mass is 9.95. The van der Waals surface area contributed by atoms with E-state index in [9.17, 15) is 13.2 Å². The molecule has 1 unspecified atom stereocenters. The highest BCUT2D eigenvalue weighted by Gasteiger charge is 2.41. The van der Waals surface area contributed by atoms with Crippen molar-refractivity contribution >= 4 is 15.9 Å². The molecular formula is C14H27N3O3S. The predicted molar refractivity (Wildman–Crippen MR) is 82.2 cm³/mol. The highest BCUT2D eigenvalue weighted by molar-refractivity contribution is 7.89. The molecule has 2 fully saturated rings. The molecule has 1 saturated carbocycles. The van der Waals surface area contributed by atoms with E-state index in [2.05, 4.69) is 5.32 Å². The first-order chi connectivity index (χ1) is 9.87. The van der Waals surface area contributed by atoms with Crippen molar-refractivity contribution in [2.24, 2.45) is 11.7 Å². The molecule has 7 heteroatoms. The number of rotatable bonds is 8. The molecule has 1 aliphatic heterocycles. The summed E-state index contributed by atoms with van der Waals surface area (Å²) in [6.45, 7) is 3.65. The van der Waals surface area contributed by atoms with Gasteiger partial charge in [0, 0.05) is 26.1 Å². The molecule has 0 aromatic carbocycles. The molecule has 1 heterocycles. The Morgan fingerprint density at radius 1 is 1.33 bits per heavy atom. The van der Waals surface area contributed by atoms with Gasteiger partial charge in [-0.05, 0) is 44.9 Å². The molecule has 0 spiro atoms. The number of hydrogen-bond acceptors (Lipinski definition) is 4. The maximum absolute atomic E-state index is 12.0. The summed E-state index contributed by atoms with van der Waals surface area (Å²) in [6.07, 6.45) is 4.71. The van der Waals surface area contributed by atoms with Crippen LogP contribution in [0.3, 0.4) is 0 Å². The average molecular weight is 317 g/mol. The molecule has 2 aliphatic rings. The minimum absolute atomic E-state index is 0.0587. The average Bonchev–Trinajstić information content (AvgIpc) is 3.13. The molecule has 0 radical (unpaired) electrons. The number of nitrogens with one attached hydrogen (secondary N) is 1. The molecule has 0 aromatic rings. The first-order valence-corrected chi connectivity index (χ1v) is 9.47. The maximum Gasteiger partial charge on any atom is 0.220 e. The zero-order valence-electron chi connectivity index (χ0n) is 12.8. The van der Waals surface area contributed by atoms with E-state index in [0.717, 1.165) is 25.7 Å². The molecule has 6 nitrogen and oxygen atoms in total. The fourth-order valence-corrected chi connectivity index (χ4v) is 4.51. The number of nitrogens with two attached hydrogens (primary N) is 1. The van der Waals surface area contributed by atoms with E-state index in [1.165, 1.54) is 0 Å². The van der Waals surface area contributed by atoms with Crippen molar-refractivity contribution in [3.05, 3.63) is 0 Å². The van der Waals surface area contributed by atoms with Crippen molar-refractivity contribution in [3.8, 4) is 0 Å². The molecule has 2 rings (SSSR count). The van der Waals surface area contributed by atoms with Crippen LogP contribution in [0.25, 0.3) is 0 Å². The zero-order chi connectivity index (χ0) is 15.5. The summed E-state index contributed by atoms with van der Waals surface area (Å²) in [5.74, 6) is 0.440. The van der Waals surface area contributed by atoms with Gasteiger partial charge in [0.2, 0.25) is 15.9 Å². The van der Waals surface area contributed by atoms with Crippen LogP contribution in [0.5, 0.6) is 0 Å². The van der Waals surface area contributed by atoms with Crippen molar-refractivity contribution in [1.82, 2.24) is 9.62 Å². The van der Waals surface area contributed by atoms with Crippen LogP contribution in [0.15, 0.2) is 0 Å². The summed E-state index contributed by atoms with van der Waals surface area (Å²) in [5, 5.41) is 2.99. The highest BCUT2D eigenvalue weighted by atomic mass is 32.2. The highest BCUT2D eigenvalue weighted by Crippen LogP contribution is 2.39. The number of nitrogens with zero attached hydrogens (tertiary/aromatic N) is 1. The molecule has 122 valence electrons. The Bertz CT molecular complexity index is 470. The number of hydrogen-bond donors (Lipinski definition) is 2. The van der Waals surface area contributed by atoms with Gasteiger partial charge < -0.3 is 11.1 Å². The van der Waals surface area contributed by atoms with Gasteiger partial charge in [-0.3, -0.25) is 4.79 Å². The molecule has 1 atom stereocenters. The molecule has 1 amide bonds. The van der Waals surface area contributed by atoms with Gasteiger partial charge in [0.25, 0.3) is 0 Å². The fraction of sp³-hybridized carbons (Fsp3) is 0.929. The second kappa shape index (κ2) is 6.62. The summed E-state index contributed by atoms with van der Waals surface area (Å²) in [6, 6.07) is 0. The van der Waals surface area contributed by atoms with E-state index in [1.54, 1.807) is 4.31 Å². The van der Waals surface area contributed by atoms with E-state index in [1.807, 2.05) is 6.92 Å². The maximum atomic E-state index is 12.0. The second-order valence-electron chi connectivity index (χ2n) is 6.47. The molecule has 21 heavy (non-hydrogen) atoms. The van der Waals surface area contributed by atoms with Crippen molar-refractivity contribution in [3.63, 3.8) is 0 Å². The fourth-order valence-electron chi connectivity index (χ4n) is 2.93. The number of sulfonamides is 1. The molecule has 0 bridgehead atoms. The predicted octanol–water partition coefficient (Wildman–Crippen LogP) is 0.436. The smallest absolute Gasteiger partial charge is 0.220 e. The number of amides is 1.